The number of amides is 1. The van der Waals surface area contributed by atoms with Crippen molar-refractivity contribution in [2.24, 2.45) is 0 Å². The van der Waals surface area contributed by atoms with Gasteiger partial charge in [-0.05, 0) is 68.0 Å². The van der Waals surface area contributed by atoms with Crippen molar-refractivity contribution < 1.29 is 19.4 Å². The van der Waals surface area contributed by atoms with Gasteiger partial charge in [0.1, 0.15) is 18.1 Å². The number of hydrogen-bond acceptors (Lipinski definition) is 5. The van der Waals surface area contributed by atoms with Crippen LogP contribution in [0.25, 0.3) is 5.76 Å². The number of carbonyl (C=O) groups excluding carboxylic acids is 2. The summed E-state index contributed by atoms with van der Waals surface area (Å²) in [6.07, 6.45) is 2.35. The van der Waals surface area contributed by atoms with Gasteiger partial charge in [-0.2, -0.15) is 0 Å². The summed E-state index contributed by atoms with van der Waals surface area (Å²) in [4.78, 5) is 30.1. The number of halogens is 1. The Balaban J connectivity index is 2.04. The van der Waals surface area contributed by atoms with Gasteiger partial charge >= 0.3 is 0 Å². The summed E-state index contributed by atoms with van der Waals surface area (Å²) < 4.78 is 5.67. The lowest BCUT2D eigenvalue weighted by Gasteiger charge is -2.27. The Bertz CT molecular complexity index is 1060. The summed E-state index contributed by atoms with van der Waals surface area (Å²) in [5, 5.41) is 11.6. The molecular weight excluding hydrogens is 452 g/mol. The first-order valence-electron chi connectivity index (χ1n) is 11.5. The third-order valence-electron chi connectivity index (χ3n) is 5.97. The molecule has 34 heavy (non-hydrogen) atoms. The summed E-state index contributed by atoms with van der Waals surface area (Å²) in [6, 6.07) is 13.1. The van der Waals surface area contributed by atoms with Crippen molar-refractivity contribution in [3.8, 4) is 5.75 Å². The molecule has 1 atom stereocenters. The van der Waals surface area contributed by atoms with Crippen molar-refractivity contribution >= 4 is 29.1 Å². The topological polar surface area (TPSA) is 70.1 Å². The van der Waals surface area contributed by atoms with Gasteiger partial charge in [0.15, 0.2) is 0 Å². The fraction of sp³-hybridized carbons (Fsp3) is 0.333. The molecule has 1 aliphatic rings. The molecule has 1 N–H and O–H groups in total. The first-order chi connectivity index (χ1) is 16.4. The van der Waals surface area contributed by atoms with E-state index < -0.39 is 17.7 Å². The number of aliphatic hydroxyl groups is 1. The molecule has 1 fully saturated rings. The number of carbonyl (C=O) groups is 2. The number of rotatable bonds is 11. The minimum absolute atomic E-state index is 0.0658. The molecule has 0 aliphatic carbocycles. The highest BCUT2D eigenvalue weighted by atomic mass is 35.5. The van der Waals surface area contributed by atoms with Crippen LogP contribution < -0.4 is 4.74 Å². The maximum Gasteiger partial charge on any atom is 0.295 e. The van der Waals surface area contributed by atoms with Crippen LogP contribution >= 0.6 is 11.6 Å². The predicted octanol–water partition coefficient (Wildman–Crippen LogP) is 5.06. The maximum atomic E-state index is 13.2. The summed E-state index contributed by atoms with van der Waals surface area (Å²) in [6.45, 7) is 11.2. The average Bonchev–Trinajstić information content (AvgIpc) is 3.10. The number of benzene rings is 2. The van der Waals surface area contributed by atoms with Gasteiger partial charge in [0, 0.05) is 17.1 Å². The predicted molar refractivity (Wildman–Crippen MR) is 135 cm³/mol. The summed E-state index contributed by atoms with van der Waals surface area (Å²) >= 11 is 5.99. The van der Waals surface area contributed by atoms with Crippen LogP contribution in [-0.4, -0.2) is 59.4 Å². The summed E-state index contributed by atoms with van der Waals surface area (Å²) in [5.41, 5.74) is 1.18. The molecule has 0 radical (unpaired) electrons. The standard InChI is InChI=1S/C27H31ClN2O4/c1-4-17-34-22-10-7-9-20(18-22)24-23(25(31)19-11-13-21(28)14-12-19)26(32)27(33)30(24)16-8-15-29(5-2)6-3/h4,7,9-14,18,24,31H,1,5-6,8,15-17H2,2-3H3/b25-23+/t24-/m0/s1. The van der Waals surface area contributed by atoms with Crippen molar-refractivity contribution in [3.63, 3.8) is 0 Å². The van der Waals surface area contributed by atoms with Crippen molar-refractivity contribution in [1.82, 2.24) is 9.80 Å². The number of aliphatic hydroxyl groups excluding tert-OH is 1. The first-order valence-corrected chi connectivity index (χ1v) is 11.9. The van der Waals surface area contributed by atoms with Crippen LogP contribution in [0.3, 0.4) is 0 Å². The van der Waals surface area contributed by atoms with E-state index in [9.17, 15) is 14.7 Å². The molecule has 0 unspecified atom stereocenters. The molecule has 1 aliphatic heterocycles. The molecule has 3 rings (SSSR count). The smallest absolute Gasteiger partial charge is 0.295 e. The van der Waals surface area contributed by atoms with Crippen LogP contribution in [0.2, 0.25) is 5.02 Å². The van der Waals surface area contributed by atoms with Gasteiger partial charge in [0.2, 0.25) is 0 Å². The maximum absolute atomic E-state index is 13.2. The molecule has 2 aromatic carbocycles. The molecule has 1 amide bonds. The van der Waals surface area contributed by atoms with Crippen molar-refractivity contribution in [1.29, 1.82) is 0 Å². The van der Waals surface area contributed by atoms with Gasteiger partial charge in [0.05, 0.1) is 11.6 Å². The minimum Gasteiger partial charge on any atom is -0.507 e. The van der Waals surface area contributed by atoms with Gasteiger partial charge in [-0.25, -0.2) is 0 Å². The Kier molecular flexibility index (Phi) is 8.91. The Hall–Kier alpha value is -3.09. The second-order valence-corrected chi connectivity index (χ2v) is 8.49. The molecule has 0 aromatic heterocycles. The van der Waals surface area contributed by atoms with Crippen LogP contribution in [0.15, 0.2) is 66.8 Å². The van der Waals surface area contributed by atoms with Crippen molar-refractivity contribution in [2.75, 3.05) is 32.8 Å². The highest BCUT2D eigenvalue weighted by Gasteiger charge is 2.45. The Labute approximate surface area is 206 Å². The Morgan fingerprint density at radius 1 is 1.18 bits per heavy atom. The number of likely N-dealkylation sites (tertiary alicyclic amines) is 1. The first kappa shape index (κ1) is 25.5. The third-order valence-corrected chi connectivity index (χ3v) is 6.22. The van der Waals surface area contributed by atoms with E-state index in [2.05, 4.69) is 25.3 Å². The number of hydrogen-bond donors (Lipinski definition) is 1. The van der Waals surface area contributed by atoms with Crippen LogP contribution in [-0.2, 0) is 9.59 Å². The Morgan fingerprint density at radius 3 is 2.53 bits per heavy atom. The molecule has 0 spiro atoms. The van der Waals surface area contributed by atoms with E-state index in [-0.39, 0.29) is 11.3 Å². The Morgan fingerprint density at radius 2 is 1.88 bits per heavy atom. The van der Waals surface area contributed by atoms with Crippen molar-refractivity contribution in [3.05, 3.63) is 82.9 Å². The van der Waals surface area contributed by atoms with Gasteiger partial charge in [-0.3, -0.25) is 9.59 Å². The van der Waals surface area contributed by atoms with Gasteiger partial charge in [0.25, 0.3) is 11.7 Å². The lowest BCUT2D eigenvalue weighted by Crippen LogP contribution is -2.33. The zero-order chi connectivity index (χ0) is 24.7. The monoisotopic (exact) mass is 482 g/mol. The highest BCUT2D eigenvalue weighted by Crippen LogP contribution is 2.40. The molecular formula is C27H31ClN2O4. The van der Waals surface area contributed by atoms with E-state index >= 15 is 0 Å². The number of Topliss-reactive ketones (excluding diaryl/α,β-unsaturated/α-hetero) is 1. The van der Waals surface area contributed by atoms with Crippen LogP contribution in [0.4, 0.5) is 0 Å². The van der Waals surface area contributed by atoms with Crippen LogP contribution in [0.5, 0.6) is 5.75 Å². The lowest BCUT2D eigenvalue weighted by molar-refractivity contribution is -0.140. The quantitative estimate of drug-likeness (QED) is 0.210. The molecule has 7 heteroatoms. The normalized spacial score (nSPS) is 17.4. The molecule has 1 heterocycles. The highest BCUT2D eigenvalue weighted by molar-refractivity contribution is 6.46. The van der Waals surface area contributed by atoms with Gasteiger partial charge in [-0.1, -0.05) is 50.2 Å². The lowest BCUT2D eigenvalue weighted by atomic mass is 9.95. The second kappa shape index (κ2) is 11.9. The largest absolute Gasteiger partial charge is 0.507 e. The fourth-order valence-corrected chi connectivity index (χ4v) is 4.28. The molecule has 6 nitrogen and oxygen atoms in total. The van der Waals surface area contributed by atoms with E-state index in [0.29, 0.717) is 41.5 Å². The van der Waals surface area contributed by atoms with E-state index in [1.807, 2.05) is 12.1 Å². The number of nitrogens with zero attached hydrogens (tertiary/aromatic N) is 2. The zero-order valence-corrected chi connectivity index (χ0v) is 20.4. The van der Waals surface area contributed by atoms with E-state index in [1.54, 1.807) is 47.4 Å². The van der Waals surface area contributed by atoms with Gasteiger partial charge < -0.3 is 19.6 Å². The fourth-order valence-electron chi connectivity index (χ4n) is 4.15. The molecule has 2 aromatic rings. The van der Waals surface area contributed by atoms with Crippen LogP contribution in [0, 0.1) is 0 Å². The van der Waals surface area contributed by atoms with Crippen molar-refractivity contribution in [2.45, 2.75) is 26.3 Å². The molecule has 1 saturated heterocycles. The molecule has 0 bridgehead atoms. The van der Waals surface area contributed by atoms with E-state index in [0.717, 1.165) is 19.6 Å². The zero-order valence-electron chi connectivity index (χ0n) is 19.7. The average molecular weight is 483 g/mol. The summed E-state index contributed by atoms with van der Waals surface area (Å²) in [5.74, 6) is -0.934. The molecule has 180 valence electrons. The number of ether oxygens (including phenoxy) is 1. The second-order valence-electron chi connectivity index (χ2n) is 8.05. The number of ketones is 1. The van der Waals surface area contributed by atoms with Gasteiger partial charge in [-0.15, -0.1) is 0 Å². The minimum atomic E-state index is -0.723. The SMILES string of the molecule is C=CCOc1cccc([C@H]2/C(=C(\O)c3ccc(Cl)cc3)C(=O)C(=O)N2CCCN(CC)CC)c1. The van der Waals surface area contributed by atoms with E-state index in [4.69, 9.17) is 16.3 Å². The van der Waals surface area contributed by atoms with Crippen LogP contribution in [0.1, 0.15) is 37.4 Å². The summed E-state index contributed by atoms with van der Waals surface area (Å²) in [7, 11) is 0. The molecule has 0 saturated carbocycles. The third kappa shape index (κ3) is 5.69. The van der Waals surface area contributed by atoms with E-state index in [1.165, 1.54) is 0 Å².